The number of nitrogens with one attached hydrogen (secondary N) is 1. The molecule has 180 valence electrons. The zero-order chi connectivity index (χ0) is 23.9. The fourth-order valence-electron chi connectivity index (χ4n) is 4.17. The van der Waals surface area contributed by atoms with E-state index in [0.29, 0.717) is 42.0 Å². The first kappa shape index (κ1) is 23.8. The SMILES string of the molecule is COCCn1cnc2cc(C(=O)N(C)CC[C@H]3CCCCO3)cc(NC(=O)c3cccnc3)c21. The number of carbonyl (C=O) groups is 2. The Morgan fingerprint density at radius 3 is 2.91 bits per heavy atom. The van der Waals surface area contributed by atoms with Gasteiger partial charge in [0.15, 0.2) is 0 Å². The van der Waals surface area contributed by atoms with Crippen LogP contribution in [0.15, 0.2) is 43.0 Å². The number of rotatable bonds is 9. The highest BCUT2D eigenvalue weighted by Gasteiger charge is 2.21. The number of benzene rings is 1. The van der Waals surface area contributed by atoms with Crippen molar-refractivity contribution in [2.24, 2.45) is 0 Å². The second kappa shape index (κ2) is 11.2. The van der Waals surface area contributed by atoms with E-state index >= 15 is 0 Å². The van der Waals surface area contributed by atoms with Crippen LogP contribution >= 0.6 is 0 Å². The highest BCUT2D eigenvalue weighted by Crippen LogP contribution is 2.27. The summed E-state index contributed by atoms with van der Waals surface area (Å²) >= 11 is 0. The van der Waals surface area contributed by atoms with Crippen molar-refractivity contribution in [1.82, 2.24) is 19.4 Å². The van der Waals surface area contributed by atoms with Gasteiger partial charge < -0.3 is 24.3 Å². The van der Waals surface area contributed by atoms with E-state index in [1.807, 2.05) is 4.57 Å². The first-order valence-corrected chi connectivity index (χ1v) is 11.6. The number of methoxy groups -OCH3 is 1. The predicted octanol–water partition coefficient (Wildman–Crippen LogP) is 3.36. The van der Waals surface area contributed by atoms with Crippen LogP contribution in [-0.4, -0.2) is 71.3 Å². The van der Waals surface area contributed by atoms with Gasteiger partial charge in [0.25, 0.3) is 11.8 Å². The maximum absolute atomic E-state index is 13.3. The molecule has 1 aliphatic heterocycles. The zero-order valence-electron chi connectivity index (χ0n) is 19.7. The van der Waals surface area contributed by atoms with Crippen LogP contribution in [0.2, 0.25) is 0 Å². The molecule has 0 saturated carbocycles. The normalized spacial score (nSPS) is 15.9. The van der Waals surface area contributed by atoms with Crippen molar-refractivity contribution in [3.05, 3.63) is 54.1 Å². The van der Waals surface area contributed by atoms with Crippen LogP contribution in [0.5, 0.6) is 0 Å². The maximum Gasteiger partial charge on any atom is 0.257 e. The van der Waals surface area contributed by atoms with Crippen LogP contribution < -0.4 is 5.32 Å². The topological polar surface area (TPSA) is 98.6 Å². The van der Waals surface area contributed by atoms with Gasteiger partial charge in [0.1, 0.15) is 0 Å². The molecule has 0 spiro atoms. The fourth-order valence-corrected chi connectivity index (χ4v) is 4.17. The Bertz CT molecular complexity index is 1130. The summed E-state index contributed by atoms with van der Waals surface area (Å²) in [6.45, 7) is 2.46. The van der Waals surface area contributed by atoms with Crippen LogP contribution in [0.25, 0.3) is 11.0 Å². The van der Waals surface area contributed by atoms with E-state index in [-0.39, 0.29) is 17.9 Å². The number of aromatic nitrogens is 3. The molecule has 0 radical (unpaired) electrons. The quantitative estimate of drug-likeness (QED) is 0.520. The van der Waals surface area contributed by atoms with Gasteiger partial charge in [-0.2, -0.15) is 0 Å². The molecule has 0 unspecified atom stereocenters. The van der Waals surface area contributed by atoms with Gasteiger partial charge in [-0.05, 0) is 49.9 Å². The third-order valence-corrected chi connectivity index (χ3v) is 6.08. The summed E-state index contributed by atoms with van der Waals surface area (Å²) in [6, 6.07) is 6.89. The van der Waals surface area contributed by atoms with E-state index in [0.717, 1.165) is 31.4 Å². The Balaban J connectivity index is 1.59. The second-order valence-electron chi connectivity index (χ2n) is 8.52. The molecule has 9 nitrogen and oxygen atoms in total. The monoisotopic (exact) mass is 465 g/mol. The minimum atomic E-state index is -0.304. The molecule has 1 saturated heterocycles. The number of pyridine rings is 1. The summed E-state index contributed by atoms with van der Waals surface area (Å²) in [5.74, 6) is -0.428. The molecule has 1 N–H and O–H groups in total. The molecule has 9 heteroatoms. The smallest absolute Gasteiger partial charge is 0.257 e. The van der Waals surface area contributed by atoms with E-state index in [1.54, 1.807) is 55.8 Å². The lowest BCUT2D eigenvalue weighted by molar-refractivity contribution is 0.00709. The molecule has 3 heterocycles. The van der Waals surface area contributed by atoms with Crippen LogP contribution in [0.3, 0.4) is 0 Å². The van der Waals surface area contributed by atoms with E-state index < -0.39 is 0 Å². The van der Waals surface area contributed by atoms with Crippen LogP contribution in [0, 0.1) is 0 Å². The van der Waals surface area contributed by atoms with E-state index in [4.69, 9.17) is 9.47 Å². The van der Waals surface area contributed by atoms with Gasteiger partial charge in [-0.25, -0.2) is 4.98 Å². The highest BCUT2D eigenvalue weighted by atomic mass is 16.5. The van der Waals surface area contributed by atoms with Gasteiger partial charge in [0, 0.05) is 51.8 Å². The van der Waals surface area contributed by atoms with Gasteiger partial charge in [-0.1, -0.05) is 0 Å². The molecule has 1 atom stereocenters. The number of anilines is 1. The second-order valence-corrected chi connectivity index (χ2v) is 8.52. The summed E-state index contributed by atoms with van der Waals surface area (Å²) in [6.07, 6.45) is 9.14. The molecule has 34 heavy (non-hydrogen) atoms. The van der Waals surface area contributed by atoms with Crippen molar-refractivity contribution in [2.75, 3.05) is 39.2 Å². The van der Waals surface area contributed by atoms with Crippen LogP contribution in [-0.2, 0) is 16.0 Å². The largest absolute Gasteiger partial charge is 0.383 e. The van der Waals surface area contributed by atoms with Gasteiger partial charge in [-0.15, -0.1) is 0 Å². The standard InChI is InChI=1S/C25H31N5O4/c1-29(10-8-20-7-3-4-12-34-20)25(32)19-14-21-23(30(17-27-21)11-13-33-2)22(15-19)28-24(31)18-6-5-9-26-16-18/h5-6,9,14-17,20H,3-4,7-8,10-13H2,1-2H3,(H,28,31)/t20-/m1/s1. The Morgan fingerprint density at radius 2 is 2.18 bits per heavy atom. The molecule has 2 amide bonds. The number of amides is 2. The molecule has 2 aromatic heterocycles. The van der Waals surface area contributed by atoms with Gasteiger partial charge in [-0.3, -0.25) is 14.6 Å². The third-order valence-electron chi connectivity index (χ3n) is 6.08. The maximum atomic E-state index is 13.3. The third kappa shape index (κ3) is 5.60. The Morgan fingerprint density at radius 1 is 1.29 bits per heavy atom. The van der Waals surface area contributed by atoms with Gasteiger partial charge >= 0.3 is 0 Å². The number of hydrogen-bond acceptors (Lipinski definition) is 6. The van der Waals surface area contributed by atoms with E-state index in [1.165, 1.54) is 12.6 Å². The van der Waals surface area contributed by atoms with Crippen molar-refractivity contribution >= 4 is 28.5 Å². The molecule has 0 aliphatic carbocycles. The van der Waals surface area contributed by atoms with Crippen molar-refractivity contribution < 1.29 is 19.1 Å². The first-order valence-electron chi connectivity index (χ1n) is 11.6. The predicted molar refractivity (Wildman–Crippen MR) is 129 cm³/mol. The Kier molecular flexibility index (Phi) is 7.87. The molecular formula is C25H31N5O4. The van der Waals surface area contributed by atoms with Crippen molar-refractivity contribution in [1.29, 1.82) is 0 Å². The molecule has 1 aromatic carbocycles. The Hall–Kier alpha value is -3.30. The van der Waals surface area contributed by atoms with E-state index in [2.05, 4.69) is 15.3 Å². The molecule has 0 bridgehead atoms. The van der Waals surface area contributed by atoms with Crippen molar-refractivity contribution in [3.63, 3.8) is 0 Å². The number of nitrogens with zero attached hydrogens (tertiary/aromatic N) is 4. The van der Waals surface area contributed by atoms with E-state index in [9.17, 15) is 9.59 Å². The van der Waals surface area contributed by atoms with Crippen LogP contribution in [0.1, 0.15) is 46.4 Å². The van der Waals surface area contributed by atoms with Crippen molar-refractivity contribution in [3.8, 4) is 0 Å². The average Bonchev–Trinajstić information content (AvgIpc) is 3.29. The molecule has 1 fully saturated rings. The van der Waals surface area contributed by atoms with Crippen molar-refractivity contribution in [2.45, 2.75) is 38.3 Å². The lowest BCUT2D eigenvalue weighted by Gasteiger charge is -2.25. The molecule has 3 aromatic rings. The zero-order valence-corrected chi connectivity index (χ0v) is 19.7. The molecule has 4 rings (SSSR count). The van der Waals surface area contributed by atoms with Crippen LogP contribution in [0.4, 0.5) is 5.69 Å². The number of carbonyl (C=O) groups excluding carboxylic acids is 2. The minimum absolute atomic E-state index is 0.124. The lowest BCUT2D eigenvalue weighted by atomic mass is 10.1. The highest BCUT2D eigenvalue weighted by molar-refractivity contribution is 6.10. The number of ether oxygens (including phenoxy) is 2. The summed E-state index contributed by atoms with van der Waals surface area (Å²) in [7, 11) is 3.43. The average molecular weight is 466 g/mol. The molecule has 1 aliphatic rings. The summed E-state index contributed by atoms with van der Waals surface area (Å²) < 4.78 is 12.9. The first-order chi connectivity index (χ1) is 16.6. The number of imidazole rings is 1. The van der Waals surface area contributed by atoms with Gasteiger partial charge in [0.2, 0.25) is 0 Å². The summed E-state index contributed by atoms with van der Waals surface area (Å²) in [4.78, 5) is 36.3. The summed E-state index contributed by atoms with van der Waals surface area (Å²) in [5, 5.41) is 2.95. The molecular weight excluding hydrogens is 434 g/mol. The number of fused-ring (bicyclic) bond motifs is 1. The fraction of sp³-hybridized carbons (Fsp3) is 0.440. The Labute approximate surface area is 199 Å². The summed E-state index contributed by atoms with van der Waals surface area (Å²) in [5.41, 5.74) is 2.79. The number of hydrogen-bond donors (Lipinski definition) is 1. The minimum Gasteiger partial charge on any atom is -0.383 e. The lowest BCUT2D eigenvalue weighted by Crippen LogP contribution is -2.31. The van der Waals surface area contributed by atoms with Gasteiger partial charge in [0.05, 0.1) is 41.3 Å².